The van der Waals surface area contributed by atoms with E-state index in [9.17, 15) is 0 Å². The third-order valence-electron chi connectivity index (χ3n) is 2.95. The average Bonchev–Trinajstić information content (AvgIpc) is 2.96. The quantitative estimate of drug-likeness (QED) is 0.734. The van der Waals surface area contributed by atoms with Crippen molar-refractivity contribution in [3.05, 3.63) is 46.2 Å². The number of hydrogen-bond acceptors (Lipinski definition) is 4. The second-order valence-electron chi connectivity index (χ2n) is 4.28. The van der Waals surface area contributed by atoms with Crippen molar-refractivity contribution in [2.24, 2.45) is 0 Å². The number of aromatic nitrogens is 3. The predicted molar refractivity (Wildman–Crippen MR) is 75.0 cm³/mol. The molecule has 2 aromatic heterocycles. The fourth-order valence-corrected chi connectivity index (χ4v) is 2.93. The number of fused-ring (bicyclic) bond motifs is 1. The van der Waals surface area contributed by atoms with E-state index in [0.29, 0.717) is 6.42 Å². The molecule has 0 N–H and O–H groups in total. The van der Waals surface area contributed by atoms with Crippen molar-refractivity contribution in [3.63, 3.8) is 0 Å². The van der Waals surface area contributed by atoms with Crippen molar-refractivity contribution >= 4 is 22.4 Å². The lowest BCUT2D eigenvalue weighted by atomic mass is 10.3. The van der Waals surface area contributed by atoms with Gasteiger partial charge in [0, 0.05) is 11.1 Å². The number of aryl methyl sites for hydroxylation is 1. The Kier molecular flexibility index (Phi) is 3.02. The Labute approximate surface area is 115 Å². The van der Waals surface area contributed by atoms with Gasteiger partial charge in [-0.05, 0) is 19.1 Å². The summed E-state index contributed by atoms with van der Waals surface area (Å²) >= 11 is 1.68. The molecule has 0 amide bonds. The SMILES string of the molecule is Cc1ncc(Cn2c(CC#N)nc3ccccc32)s1. The Morgan fingerprint density at radius 2 is 2.21 bits per heavy atom. The van der Waals surface area contributed by atoms with Crippen LogP contribution in [0.1, 0.15) is 15.7 Å². The van der Waals surface area contributed by atoms with Gasteiger partial charge in [0.2, 0.25) is 0 Å². The Hall–Kier alpha value is -2.19. The minimum atomic E-state index is 0.326. The van der Waals surface area contributed by atoms with Gasteiger partial charge >= 0.3 is 0 Å². The number of benzene rings is 1. The Bertz CT molecular complexity index is 763. The third-order valence-corrected chi connectivity index (χ3v) is 3.85. The van der Waals surface area contributed by atoms with E-state index in [4.69, 9.17) is 5.26 Å². The fourth-order valence-electron chi connectivity index (χ4n) is 2.14. The van der Waals surface area contributed by atoms with Crippen molar-refractivity contribution in [1.29, 1.82) is 5.26 Å². The molecule has 0 atom stereocenters. The zero-order valence-corrected chi connectivity index (χ0v) is 11.3. The van der Waals surface area contributed by atoms with Crippen LogP contribution in [0.25, 0.3) is 11.0 Å². The Morgan fingerprint density at radius 1 is 1.37 bits per heavy atom. The van der Waals surface area contributed by atoms with Crippen molar-refractivity contribution < 1.29 is 0 Å². The van der Waals surface area contributed by atoms with Crippen LogP contribution < -0.4 is 0 Å². The molecule has 5 heteroatoms. The van der Waals surface area contributed by atoms with E-state index < -0.39 is 0 Å². The molecule has 0 aliphatic carbocycles. The molecule has 4 nitrogen and oxygen atoms in total. The Balaban J connectivity index is 2.09. The average molecular weight is 268 g/mol. The number of imidazole rings is 1. The molecule has 0 aliphatic rings. The van der Waals surface area contributed by atoms with Gasteiger partial charge in [-0.15, -0.1) is 11.3 Å². The molecular formula is C14H12N4S. The van der Waals surface area contributed by atoms with E-state index in [1.807, 2.05) is 37.4 Å². The minimum absolute atomic E-state index is 0.326. The largest absolute Gasteiger partial charge is 0.322 e. The summed E-state index contributed by atoms with van der Waals surface area (Å²) in [6, 6.07) is 10.2. The van der Waals surface area contributed by atoms with Gasteiger partial charge in [0.25, 0.3) is 0 Å². The molecule has 3 rings (SSSR count). The summed E-state index contributed by atoms with van der Waals surface area (Å²) < 4.78 is 2.10. The summed E-state index contributed by atoms with van der Waals surface area (Å²) in [5.74, 6) is 0.815. The maximum absolute atomic E-state index is 8.93. The van der Waals surface area contributed by atoms with Gasteiger partial charge in [0.1, 0.15) is 5.82 Å². The van der Waals surface area contributed by atoms with Gasteiger partial charge in [-0.1, -0.05) is 12.1 Å². The highest BCUT2D eigenvalue weighted by atomic mass is 32.1. The lowest BCUT2D eigenvalue weighted by Gasteiger charge is -2.05. The van der Waals surface area contributed by atoms with Crippen LogP contribution in [0, 0.1) is 18.3 Å². The first kappa shape index (κ1) is 11.9. The van der Waals surface area contributed by atoms with Crippen molar-refractivity contribution in [1.82, 2.24) is 14.5 Å². The number of thiazole rings is 1. The number of nitriles is 1. The van der Waals surface area contributed by atoms with E-state index >= 15 is 0 Å². The molecule has 1 aromatic carbocycles. The maximum Gasteiger partial charge on any atom is 0.124 e. The highest BCUT2D eigenvalue weighted by molar-refractivity contribution is 7.11. The second-order valence-corrected chi connectivity index (χ2v) is 5.60. The van der Waals surface area contributed by atoms with Gasteiger partial charge in [0.05, 0.1) is 35.1 Å². The van der Waals surface area contributed by atoms with Crippen LogP contribution in [0.15, 0.2) is 30.5 Å². The van der Waals surface area contributed by atoms with Gasteiger partial charge < -0.3 is 4.57 Å². The van der Waals surface area contributed by atoms with Gasteiger partial charge in [-0.2, -0.15) is 5.26 Å². The van der Waals surface area contributed by atoms with Crippen LogP contribution in [0.5, 0.6) is 0 Å². The summed E-state index contributed by atoms with van der Waals surface area (Å²) in [7, 11) is 0. The molecule has 0 bridgehead atoms. The first-order chi connectivity index (χ1) is 9.28. The molecule has 0 aliphatic heterocycles. The number of para-hydroxylation sites is 2. The second kappa shape index (κ2) is 4.82. The molecule has 0 unspecified atom stereocenters. The summed E-state index contributed by atoms with van der Waals surface area (Å²) in [5.41, 5.74) is 2.01. The molecule has 2 heterocycles. The highest BCUT2D eigenvalue weighted by Crippen LogP contribution is 2.20. The molecule has 0 saturated heterocycles. The van der Waals surface area contributed by atoms with Crippen molar-refractivity contribution in [3.8, 4) is 6.07 Å². The maximum atomic E-state index is 8.93. The highest BCUT2D eigenvalue weighted by Gasteiger charge is 2.11. The van der Waals surface area contributed by atoms with Crippen molar-refractivity contribution in [2.45, 2.75) is 19.9 Å². The first-order valence-corrected chi connectivity index (χ1v) is 6.82. The van der Waals surface area contributed by atoms with Gasteiger partial charge in [0.15, 0.2) is 0 Å². The third kappa shape index (κ3) is 2.23. The van der Waals surface area contributed by atoms with E-state index in [0.717, 1.165) is 28.4 Å². The van der Waals surface area contributed by atoms with Gasteiger partial charge in [-0.25, -0.2) is 9.97 Å². The summed E-state index contributed by atoms with van der Waals surface area (Å²) in [6.45, 7) is 2.72. The molecular weight excluding hydrogens is 256 g/mol. The Morgan fingerprint density at radius 3 is 2.95 bits per heavy atom. The molecule has 94 valence electrons. The lowest BCUT2D eigenvalue weighted by Crippen LogP contribution is -2.03. The van der Waals surface area contributed by atoms with Crippen LogP contribution >= 0.6 is 11.3 Å². The van der Waals surface area contributed by atoms with E-state index in [1.165, 1.54) is 4.88 Å². The number of nitrogens with zero attached hydrogens (tertiary/aromatic N) is 4. The minimum Gasteiger partial charge on any atom is -0.322 e. The fraction of sp³-hybridized carbons (Fsp3) is 0.214. The van der Waals surface area contributed by atoms with Crippen LogP contribution in [-0.4, -0.2) is 14.5 Å². The lowest BCUT2D eigenvalue weighted by molar-refractivity contribution is 0.778. The molecule has 0 spiro atoms. The summed E-state index contributed by atoms with van der Waals surface area (Å²) in [4.78, 5) is 9.98. The van der Waals surface area contributed by atoms with Gasteiger partial charge in [-0.3, -0.25) is 0 Å². The zero-order valence-electron chi connectivity index (χ0n) is 10.5. The summed E-state index contributed by atoms with van der Waals surface area (Å²) in [6.07, 6.45) is 2.22. The number of rotatable bonds is 3. The summed E-state index contributed by atoms with van der Waals surface area (Å²) in [5, 5.41) is 9.98. The van der Waals surface area contributed by atoms with Crippen molar-refractivity contribution in [2.75, 3.05) is 0 Å². The van der Waals surface area contributed by atoms with E-state index in [2.05, 4.69) is 20.6 Å². The first-order valence-electron chi connectivity index (χ1n) is 6.00. The zero-order chi connectivity index (χ0) is 13.2. The normalized spacial score (nSPS) is 10.7. The number of hydrogen-bond donors (Lipinski definition) is 0. The molecule has 0 saturated carbocycles. The molecule has 0 fully saturated rings. The topological polar surface area (TPSA) is 54.5 Å². The van der Waals surface area contributed by atoms with Crippen LogP contribution in [0.2, 0.25) is 0 Å². The van der Waals surface area contributed by atoms with Crippen LogP contribution in [0.4, 0.5) is 0 Å². The molecule has 0 radical (unpaired) electrons. The van der Waals surface area contributed by atoms with E-state index in [1.54, 1.807) is 11.3 Å². The standard InChI is InChI=1S/C14H12N4S/c1-10-16-8-11(19-10)9-18-13-5-3-2-4-12(13)17-14(18)6-7-15/h2-5,8H,6,9H2,1H3. The smallest absolute Gasteiger partial charge is 0.124 e. The van der Waals surface area contributed by atoms with Crippen LogP contribution in [0.3, 0.4) is 0 Å². The monoisotopic (exact) mass is 268 g/mol. The predicted octanol–water partition coefficient (Wildman–Crippen LogP) is 2.92. The molecule has 3 aromatic rings. The van der Waals surface area contributed by atoms with Crippen LogP contribution in [-0.2, 0) is 13.0 Å². The molecule has 19 heavy (non-hydrogen) atoms. The van der Waals surface area contributed by atoms with E-state index in [-0.39, 0.29) is 0 Å².